The van der Waals surface area contributed by atoms with Crippen LogP contribution in [0.15, 0.2) is 24.3 Å². The zero-order valence-electron chi connectivity index (χ0n) is 7.95. The molecule has 1 rings (SSSR count). The third-order valence-corrected chi connectivity index (χ3v) is 1.90. The normalized spacial score (nSPS) is 12.5. The maximum atomic E-state index is 9.58. The van der Waals surface area contributed by atoms with Crippen molar-refractivity contribution in [1.29, 1.82) is 0 Å². The second kappa shape index (κ2) is 4.84. The van der Waals surface area contributed by atoms with Crippen molar-refractivity contribution in [2.24, 2.45) is 0 Å². The molecule has 0 spiro atoms. The number of likely N-dealkylation sites (N-methyl/N-ethyl adjacent to an activating group) is 1. The van der Waals surface area contributed by atoms with Gasteiger partial charge in [0.1, 0.15) is 5.75 Å². The van der Waals surface area contributed by atoms with Crippen molar-refractivity contribution in [3.8, 4) is 5.75 Å². The van der Waals surface area contributed by atoms with Gasteiger partial charge in [0.15, 0.2) is 0 Å². The van der Waals surface area contributed by atoms with Gasteiger partial charge in [0.25, 0.3) is 0 Å². The summed E-state index contributed by atoms with van der Waals surface area (Å²) in [5.74, 6) is 0.806. The fourth-order valence-corrected chi connectivity index (χ4v) is 1.14. The lowest BCUT2D eigenvalue weighted by Crippen LogP contribution is -2.16. The molecule has 0 fully saturated rings. The summed E-state index contributed by atoms with van der Waals surface area (Å²) in [5, 5.41) is 12.5. The zero-order valence-corrected chi connectivity index (χ0v) is 7.95. The van der Waals surface area contributed by atoms with Crippen LogP contribution in [0.4, 0.5) is 0 Å². The van der Waals surface area contributed by atoms with Crippen molar-refractivity contribution in [3.63, 3.8) is 0 Å². The van der Waals surface area contributed by atoms with Crippen molar-refractivity contribution >= 4 is 0 Å². The molecule has 3 heteroatoms. The summed E-state index contributed by atoms with van der Waals surface area (Å²) < 4.78 is 5.01. The van der Waals surface area contributed by atoms with Crippen LogP contribution < -0.4 is 10.1 Å². The van der Waals surface area contributed by atoms with Gasteiger partial charge in [-0.25, -0.2) is 0 Å². The molecule has 0 aromatic heterocycles. The van der Waals surface area contributed by atoms with Gasteiger partial charge >= 0.3 is 0 Å². The molecule has 0 saturated heterocycles. The Morgan fingerprint density at radius 2 is 2.00 bits per heavy atom. The second-order valence-corrected chi connectivity index (χ2v) is 2.85. The lowest BCUT2D eigenvalue weighted by molar-refractivity contribution is 0.177. The molecule has 0 bridgehead atoms. The first kappa shape index (κ1) is 10.0. The molecule has 0 heterocycles. The van der Waals surface area contributed by atoms with Crippen LogP contribution in [0.25, 0.3) is 0 Å². The molecule has 0 amide bonds. The molecule has 72 valence electrons. The summed E-state index contributed by atoms with van der Waals surface area (Å²) in [7, 11) is 3.44. The van der Waals surface area contributed by atoms with E-state index in [1.165, 1.54) is 0 Å². The standard InChI is InChI=1S/C10H15NO2/c1-11-7-10(12)8-3-5-9(13-2)6-4-8/h3-6,10-12H,7H2,1-2H3/t10-/m0/s1. The molecule has 3 nitrogen and oxygen atoms in total. The van der Waals surface area contributed by atoms with E-state index in [1.807, 2.05) is 31.3 Å². The second-order valence-electron chi connectivity index (χ2n) is 2.85. The number of benzene rings is 1. The Balaban J connectivity index is 2.67. The Morgan fingerprint density at radius 1 is 1.38 bits per heavy atom. The van der Waals surface area contributed by atoms with Gasteiger partial charge in [-0.2, -0.15) is 0 Å². The number of nitrogens with one attached hydrogen (secondary N) is 1. The van der Waals surface area contributed by atoms with Crippen LogP contribution in [0.3, 0.4) is 0 Å². The van der Waals surface area contributed by atoms with Gasteiger partial charge < -0.3 is 15.2 Å². The number of hydrogen-bond acceptors (Lipinski definition) is 3. The first-order chi connectivity index (χ1) is 6.27. The van der Waals surface area contributed by atoms with Crippen LogP contribution in [0, 0.1) is 0 Å². The largest absolute Gasteiger partial charge is 0.497 e. The quantitative estimate of drug-likeness (QED) is 0.726. The summed E-state index contributed by atoms with van der Waals surface area (Å²) in [6.45, 7) is 0.562. The van der Waals surface area contributed by atoms with Crippen molar-refractivity contribution in [3.05, 3.63) is 29.8 Å². The number of methoxy groups -OCH3 is 1. The van der Waals surface area contributed by atoms with E-state index in [1.54, 1.807) is 7.11 Å². The molecule has 0 unspecified atom stereocenters. The Hall–Kier alpha value is -1.06. The highest BCUT2D eigenvalue weighted by Crippen LogP contribution is 2.16. The van der Waals surface area contributed by atoms with Crippen LogP contribution >= 0.6 is 0 Å². The summed E-state index contributed by atoms with van der Waals surface area (Å²) in [5.41, 5.74) is 0.898. The fraction of sp³-hybridized carbons (Fsp3) is 0.400. The third kappa shape index (κ3) is 2.72. The molecule has 13 heavy (non-hydrogen) atoms. The number of aliphatic hydroxyl groups excluding tert-OH is 1. The lowest BCUT2D eigenvalue weighted by Gasteiger charge is -2.10. The Bertz CT molecular complexity index is 246. The highest BCUT2D eigenvalue weighted by Gasteiger charge is 2.04. The minimum absolute atomic E-state index is 0.448. The number of rotatable bonds is 4. The van der Waals surface area contributed by atoms with E-state index in [9.17, 15) is 5.11 Å². The fourth-order valence-electron chi connectivity index (χ4n) is 1.14. The SMILES string of the molecule is CNC[C@H](O)c1ccc(OC)cc1. The van der Waals surface area contributed by atoms with Gasteiger partial charge in [0, 0.05) is 6.54 Å². The summed E-state index contributed by atoms with van der Waals surface area (Å²) in [4.78, 5) is 0. The average molecular weight is 181 g/mol. The maximum Gasteiger partial charge on any atom is 0.118 e. The molecule has 1 aromatic rings. The summed E-state index contributed by atoms with van der Waals surface area (Å²) >= 11 is 0. The Kier molecular flexibility index (Phi) is 3.73. The van der Waals surface area contributed by atoms with E-state index in [0.29, 0.717) is 6.54 Å². The monoisotopic (exact) mass is 181 g/mol. The van der Waals surface area contributed by atoms with Crippen molar-refractivity contribution in [1.82, 2.24) is 5.32 Å². The predicted molar refractivity (Wildman–Crippen MR) is 51.9 cm³/mol. The topological polar surface area (TPSA) is 41.5 Å². The van der Waals surface area contributed by atoms with Gasteiger partial charge in [-0.05, 0) is 24.7 Å². The lowest BCUT2D eigenvalue weighted by atomic mass is 10.1. The van der Waals surface area contributed by atoms with Crippen LogP contribution in [0.1, 0.15) is 11.7 Å². The summed E-state index contributed by atoms with van der Waals surface area (Å²) in [6, 6.07) is 7.41. The molecule has 1 aromatic carbocycles. The van der Waals surface area contributed by atoms with E-state index in [0.717, 1.165) is 11.3 Å². The third-order valence-electron chi connectivity index (χ3n) is 1.90. The van der Waals surface area contributed by atoms with Gasteiger partial charge in [-0.3, -0.25) is 0 Å². The smallest absolute Gasteiger partial charge is 0.118 e. The molecule has 0 aliphatic carbocycles. The molecular weight excluding hydrogens is 166 g/mol. The molecular formula is C10H15NO2. The molecule has 1 atom stereocenters. The molecule has 0 radical (unpaired) electrons. The van der Waals surface area contributed by atoms with Crippen molar-refractivity contribution in [2.75, 3.05) is 20.7 Å². The van der Waals surface area contributed by atoms with Crippen LogP contribution in [-0.4, -0.2) is 25.8 Å². The first-order valence-corrected chi connectivity index (χ1v) is 4.24. The predicted octanol–water partition coefficient (Wildman–Crippen LogP) is 0.948. The van der Waals surface area contributed by atoms with E-state index < -0.39 is 6.10 Å². The van der Waals surface area contributed by atoms with Crippen LogP contribution in [0.5, 0.6) is 5.75 Å². The highest BCUT2D eigenvalue weighted by atomic mass is 16.5. The maximum absolute atomic E-state index is 9.58. The van der Waals surface area contributed by atoms with E-state index >= 15 is 0 Å². The van der Waals surface area contributed by atoms with Crippen molar-refractivity contribution < 1.29 is 9.84 Å². The Morgan fingerprint density at radius 3 is 2.46 bits per heavy atom. The number of aliphatic hydroxyl groups is 1. The minimum Gasteiger partial charge on any atom is -0.497 e. The van der Waals surface area contributed by atoms with Gasteiger partial charge in [0.05, 0.1) is 13.2 Å². The van der Waals surface area contributed by atoms with Gasteiger partial charge in [-0.1, -0.05) is 12.1 Å². The first-order valence-electron chi connectivity index (χ1n) is 4.24. The van der Waals surface area contributed by atoms with Gasteiger partial charge in [0.2, 0.25) is 0 Å². The number of ether oxygens (including phenoxy) is 1. The van der Waals surface area contributed by atoms with E-state index in [2.05, 4.69) is 5.32 Å². The molecule has 2 N–H and O–H groups in total. The molecule has 0 aliphatic rings. The zero-order chi connectivity index (χ0) is 9.68. The highest BCUT2D eigenvalue weighted by molar-refractivity contribution is 5.28. The van der Waals surface area contributed by atoms with E-state index in [4.69, 9.17) is 4.74 Å². The number of hydrogen-bond donors (Lipinski definition) is 2. The Labute approximate surface area is 78.3 Å². The van der Waals surface area contributed by atoms with Gasteiger partial charge in [-0.15, -0.1) is 0 Å². The summed E-state index contributed by atoms with van der Waals surface area (Å²) in [6.07, 6.45) is -0.448. The molecule has 0 saturated carbocycles. The van der Waals surface area contributed by atoms with Crippen LogP contribution in [-0.2, 0) is 0 Å². The molecule has 0 aliphatic heterocycles. The van der Waals surface area contributed by atoms with E-state index in [-0.39, 0.29) is 0 Å². The van der Waals surface area contributed by atoms with Crippen LogP contribution in [0.2, 0.25) is 0 Å². The minimum atomic E-state index is -0.448. The average Bonchev–Trinajstić information content (AvgIpc) is 2.18. The van der Waals surface area contributed by atoms with Crippen molar-refractivity contribution in [2.45, 2.75) is 6.10 Å².